The predicted molar refractivity (Wildman–Crippen MR) is 155 cm³/mol. The molecule has 0 saturated heterocycles. The van der Waals surface area contributed by atoms with Crippen LogP contribution in [-0.2, 0) is 4.79 Å². The number of ether oxygens (including phenoxy) is 1. The number of hydrogen-bond acceptors (Lipinski definition) is 7. The highest BCUT2D eigenvalue weighted by molar-refractivity contribution is 8.00. The highest BCUT2D eigenvalue weighted by Crippen LogP contribution is 2.33. The molecule has 2 aliphatic rings. The summed E-state index contributed by atoms with van der Waals surface area (Å²) >= 11 is 1.36. The van der Waals surface area contributed by atoms with Gasteiger partial charge in [0.15, 0.2) is 0 Å². The maximum Gasteiger partial charge on any atom is 0.254 e. The van der Waals surface area contributed by atoms with Crippen molar-refractivity contribution in [3.05, 3.63) is 65.2 Å². The molecule has 5 rings (SSSR count). The number of fused-ring (bicyclic) bond motifs is 4. The van der Waals surface area contributed by atoms with Crippen LogP contribution in [0.5, 0.6) is 5.88 Å². The molecule has 2 heterocycles. The monoisotopic (exact) mass is 544 g/mol. The van der Waals surface area contributed by atoms with E-state index >= 15 is 0 Å². The van der Waals surface area contributed by atoms with Gasteiger partial charge in [0.05, 0.1) is 11.7 Å². The SMILES string of the molecule is Cc1cccc(C)c1-c1cc2nc(n1)NSc1cccc(c1)C(=O)N(CC1CC(=O)C1)[C@H](CC(C)(C)C)CO2. The van der Waals surface area contributed by atoms with Gasteiger partial charge in [-0.3, -0.25) is 14.3 Å². The number of aromatic nitrogens is 2. The van der Waals surface area contributed by atoms with E-state index in [2.05, 4.69) is 56.5 Å². The van der Waals surface area contributed by atoms with Crippen LogP contribution in [0.2, 0.25) is 0 Å². The normalized spacial score (nSPS) is 18.3. The number of benzene rings is 2. The number of carbonyl (C=O) groups excluding carboxylic acids is 2. The van der Waals surface area contributed by atoms with Gasteiger partial charge in [0.2, 0.25) is 11.8 Å². The van der Waals surface area contributed by atoms with Crippen molar-refractivity contribution in [1.82, 2.24) is 14.9 Å². The van der Waals surface area contributed by atoms with Crippen molar-refractivity contribution in [2.24, 2.45) is 11.3 Å². The maximum absolute atomic E-state index is 14.0. The van der Waals surface area contributed by atoms with E-state index in [0.717, 1.165) is 33.7 Å². The number of amides is 1. The van der Waals surface area contributed by atoms with Crippen LogP contribution in [0.25, 0.3) is 11.3 Å². The first-order valence-electron chi connectivity index (χ1n) is 13.5. The fraction of sp³-hybridized carbons (Fsp3) is 0.419. The number of Topliss-reactive ketones (excluding diaryl/α,β-unsaturated/α-hetero) is 1. The van der Waals surface area contributed by atoms with Gasteiger partial charge in [-0.25, -0.2) is 4.98 Å². The molecule has 7 nitrogen and oxygen atoms in total. The van der Waals surface area contributed by atoms with Crippen molar-refractivity contribution < 1.29 is 14.3 Å². The molecule has 1 amide bonds. The third kappa shape index (κ3) is 6.44. The molecule has 204 valence electrons. The summed E-state index contributed by atoms with van der Waals surface area (Å²) < 4.78 is 9.65. The molecule has 1 aromatic heterocycles. The van der Waals surface area contributed by atoms with E-state index in [1.165, 1.54) is 11.9 Å². The zero-order valence-electron chi connectivity index (χ0n) is 23.3. The van der Waals surface area contributed by atoms with E-state index in [1.807, 2.05) is 41.3 Å². The number of hydrogen-bond donors (Lipinski definition) is 1. The van der Waals surface area contributed by atoms with Crippen LogP contribution in [0.15, 0.2) is 53.4 Å². The second-order valence-electron chi connectivity index (χ2n) is 11.9. The highest BCUT2D eigenvalue weighted by Gasteiger charge is 2.35. The van der Waals surface area contributed by atoms with E-state index in [9.17, 15) is 9.59 Å². The van der Waals surface area contributed by atoms with Gasteiger partial charge in [-0.15, -0.1) is 0 Å². The Bertz CT molecular complexity index is 1370. The summed E-state index contributed by atoms with van der Waals surface area (Å²) in [5, 5.41) is 0. The molecule has 1 fully saturated rings. The number of anilines is 1. The number of aryl methyl sites for hydroxylation is 2. The van der Waals surface area contributed by atoms with Crippen LogP contribution in [0.4, 0.5) is 5.95 Å². The van der Waals surface area contributed by atoms with Crippen molar-refractivity contribution >= 4 is 29.6 Å². The summed E-state index contributed by atoms with van der Waals surface area (Å²) in [6.07, 6.45) is 1.80. The molecule has 0 unspecified atom stereocenters. The first-order valence-corrected chi connectivity index (χ1v) is 14.3. The topological polar surface area (TPSA) is 84.4 Å². The van der Waals surface area contributed by atoms with Gasteiger partial charge in [-0.05, 0) is 72.9 Å². The van der Waals surface area contributed by atoms with Gasteiger partial charge in [0.1, 0.15) is 12.4 Å². The Morgan fingerprint density at radius 3 is 2.44 bits per heavy atom. The molecule has 1 atom stereocenters. The minimum Gasteiger partial charge on any atom is -0.475 e. The van der Waals surface area contributed by atoms with E-state index in [4.69, 9.17) is 9.72 Å². The van der Waals surface area contributed by atoms with Crippen molar-refractivity contribution in [1.29, 1.82) is 0 Å². The van der Waals surface area contributed by atoms with E-state index in [-0.39, 0.29) is 29.1 Å². The van der Waals surface area contributed by atoms with Crippen molar-refractivity contribution in [3.8, 4) is 17.1 Å². The van der Waals surface area contributed by atoms with Crippen LogP contribution >= 0.6 is 11.9 Å². The molecular weight excluding hydrogens is 508 g/mol. The highest BCUT2D eigenvalue weighted by atomic mass is 32.2. The summed E-state index contributed by atoms with van der Waals surface area (Å²) in [7, 11) is 0. The predicted octanol–water partition coefficient (Wildman–Crippen LogP) is 6.50. The summed E-state index contributed by atoms with van der Waals surface area (Å²) in [6.45, 7) is 11.5. The Kier molecular flexibility index (Phi) is 7.67. The molecule has 0 radical (unpaired) electrons. The number of ketones is 1. The average molecular weight is 545 g/mol. The molecule has 1 aliphatic carbocycles. The summed E-state index contributed by atoms with van der Waals surface area (Å²) in [5.41, 5.74) is 4.67. The Labute approximate surface area is 234 Å². The molecule has 39 heavy (non-hydrogen) atoms. The summed E-state index contributed by atoms with van der Waals surface area (Å²) in [5.74, 6) is 1.31. The lowest BCUT2D eigenvalue weighted by molar-refractivity contribution is -0.127. The molecule has 1 N–H and O–H groups in total. The van der Waals surface area contributed by atoms with Crippen LogP contribution in [-0.4, -0.2) is 45.8 Å². The third-order valence-corrected chi connectivity index (χ3v) is 8.02. The van der Waals surface area contributed by atoms with Gasteiger partial charge in [-0.2, -0.15) is 4.98 Å². The number of rotatable bonds is 4. The summed E-state index contributed by atoms with van der Waals surface area (Å²) in [4.78, 5) is 38.1. The van der Waals surface area contributed by atoms with E-state index in [1.54, 1.807) is 0 Å². The fourth-order valence-corrected chi connectivity index (χ4v) is 6.02. The first-order chi connectivity index (χ1) is 18.6. The minimum absolute atomic E-state index is 0.0390. The van der Waals surface area contributed by atoms with Crippen LogP contribution in [0, 0.1) is 25.2 Å². The fourth-order valence-electron chi connectivity index (χ4n) is 5.39. The second-order valence-corrected chi connectivity index (χ2v) is 12.8. The number of nitrogens with one attached hydrogen (secondary N) is 1. The third-order valence-electron chi connectivity index (χ3n) is 7.24. The Morgan fingerprint density at radius 2 is 1.74 bits per heavy atom. The molecule has 1 aliphatic heterocycles. The zero-order chi connectivity index (χ0) is 27.7. The van der Waals surface area contributed by atoms with E-state index in [0.29, 0.717) is 43.4 Å². The molecule has 4 bridgehead atoms. The van der Waals surface area contributed by atoms with Gasteiger partial charge in [0, 0.05) is 41.5 Å². The molecular formula is C31H36N4O3S. The van der Waals surface area contributed by atoms with Gasteiger partial charge >= 0.3 is 0 Å². The smallest absolute Gasteiger partial charge is 0.254 e. The Morgan fingerprint density at radius 1 is 1.03 bits per heavy atom. The minimum atomic E-state index is -0.194. The van der Waals surface area contributed by atoms with Gasteiger partial charge < -0.3 is 9.64 Å². The zero-order valence-corrected chi connectivity index (χ0v) is 24.1. The van der Waals surface area contributed by atoms with Crippen molar-refractivity contribution in [3.63, 3.8) is 0 Å². The lowest BCUT2D eigenvalue weighted by Crippen LogP contribution is -2.49. The van der Waals surface area contributed by atoms with Crippen LogP contribution < -0.4 is 9.46 Å². The van der Waals surface area contributed by atoms with Crippen LogP contribution in [0.3, 0.4) is 0 Å². The molecule has 3 aromatic rings. The largest absolute Gasteiger partial charge is 0.475 e. The van der Waals surface area contributed by atoms with Crippen molar-refractivity contribution in [2.75, 3.05) is 17.9 Å². The molecule has 1 saturated carbocycles. The number of nitrogens with zero attached hydrogens (tertiary/aromatic N) is 3. The lowest BCUT2D eigenvalue weighted by atomic mass is 9.82. The second kappa shape index (κ2) is 11.0. The lowest BCUT2D eigenvalue weighted by Gasteiger charge is -2.39. The maximum atomic E-state index is 14.0. The first kappa shape index (κ1) is 27.2. The van der Waals surface area contributed by atoms with Gasteiger partial charge in [0.25, 0.3) is 5.91 Å². The molecule has 8 heteroatoms. The van der Waals surface area contributed by atoms with Crippen LogP contribution in [0.1, 0.15) is 61.5 Å². The standard InChI is InChI=1S/C31H36N4O3S/c1-19-8-6-9-20(2)28(19)26-15-27-33-30(32-26)34-39-25-11-7-10-22(14-25)29(37)35(17-21-12-24(36)13-21)23(18-38-27)16-31(3,4)5/h6-11,14-15,21,23H,12-13,16-18H2,1-5H3,(H,32,33,34)/t23-/m1/s1. The molecule has 2 aromatic carbocycles. The quantitative estimate of drug-likeness (QED) is 0.375. The Hall–Kier alpha value is -3.39. The average Bonchev–Trinajstić information content (AvgIpc) is 2.86. The summed E-state index contributed by atoms with van der Waals surface area (Å²) in [6, 6.07) is 15.5. The van der Waals surface area contributed by atoms with E-state index < -0.39 is 0 Å². The van der Waals surface area contributed by atoms with Gasteiger partial charge in [-0.1, -0.05) is 45.0 Å². The molecule has 0 spiro atoms. The number of carbonyl (C=O) groups is 2. The Balaban J connectivity index is 1.58. The van der Waals surface area contributed by atoms with Crippen molar-refractivity contribution in [2.45, 2.75) is 64.8 Å².